The summed E-state index contributed by atoms with van der Waals surface area (Å²) in [4.78, 5) is 4.10. The predicted molar refractivity (Wildman–Crippen MR) is 46.0 cm³/mol. The lowest BCUT2D eigenvalue weighted by Gasteiger charge is -1.98. The fourth-order valence-corrected chi connectivity index (χ4v) is 1.27. The quantitative estimate of drug-likeness (QED) is 0.713. The number of nitrogens with zero attached hydrogens (tertiary/aromatic N) is 2. The van der Waals surface area contributed by atoms with Crippen LogP contribution in [0.15, 0.2) is 16.7 Å². The predicted octanol–water partition coefficient (Wildman–Crippen LogP) is 2.22. The Bertz CT molecular complexity index is 301. The molecular weight excluding hydrogens is 204 g/mol. The maximum Gasteiger partial charge on any atom is 0.0777 e. The van der Waals surface area contributed by atoms with Gasteiger partial charge < -0.3 is 0 Å². The van der Waals surface area contributed by atoms with Crippen molar-refractivity contribution in [2.75, 3.05) is 0 Å². The Morgan fingerprint density at radius 3 is 3.00 bits per heavy atom. The molecule has 56 valence electrons. The molecule has 0 aliphatic rings. The molecule has 0 fully saturated rings. The van der Waals surface area contributed by atoms with E-state index in [0.29, 0.717) is 6.42 Å². The second-order valence-electron chi connectivity index (χ2n) is 2.25. The third kappa shape index (κ3) is 2.02. The van der Waals surface area contributed by atoms with Crippen molar-refractivity contribution in [1.29, 1.82) is 5.26 Å². The summed E-state index contributed by atoms with van der Waals surface area (Å²) in [7, 11) is 0. The van der Waals surface area contributed by atoms with Crippen LogP contribution in [0.4, 0.5) is 0 Å². The van der Waals surface area contributed by atoms with Gasteiger partial charge in [0, 0.05) is 10.7 Å². The number of aryl methyl sites for hydroxylation is 1. The summed E-state index contributed by atoms with van der Waals surface area (Å²) >= 11 is 3.30. The summed E-state index contributed by atoms with van der Waals surface area (Å²) in [5.41, 5.74) is 1.91. The van der Waals surface area contributed by atoms with Gasteiger partial charge in [-0.3, -0.25) is 4.98 Å². The highest BCUT2D eigenvalue weighted by Gasteiger charge is 1.98. The molecule has 11 heavy (non-hydrogen) atoms. The molecule has 0 amide bonds. The van der Waals surface area contributed by atoms with Crippen LogP contribution in [0.25, 0.3) is 0 Å². The molecule has 0 saturated heterocycles. The summed E-state index contributed by atoms with van der Waals surface area (Å²) in [6.45, 7) is 1.95. The maximum absolute atomic E-state index is 8.41. The summed E-state index contributed by atoms with van der Waals surface area (Å²) in [5, 5.41) is 8.41. The first-order valence-corrected chi connectivity index (χ1v) is 4.01. The highest BCUT2D eigenvalue weighted by Crippen LogP contribution is 2.12. The number of hydrogen-bond acceptors (Lipinski definition) is 2. The molecule has 1 aromatic rings. The van der Waals surface area contributed by atoms with Crippen LogP contribution in [0.2, 0.25) is 0 Å². The van der Waals surface area contributed by atoms with Crippen molar-refractivity contribution < 1.29 is 0 Å². The zero-order valence-corrected chi connectivity index (χ0v) is 7.72. The van der Waals surface area contributed by atoms with E-state index in [9.17, 15) is 0 Å². The van der Waals surface area contributed by atoms with E-state index < -0.39 is 0 Å². The molecule has 0 aliphatic heterocycles. The van der Waals surface area contributed by atoms with Gasteiger partial charge in [-0.15, -0.1) is 0 Å². The van der Waals surface area contributed by atoms with E-state index in [0.717, 1.165) is 15.7 Å². The average Bonchev–Trinajstić information content (AvgIpc) is 1.95. The standard InChI is InChI=1S/C8H7BrN2/c1-6-4-7(9)5-11-8(6)2-3-10/h4-5H,2H2,1H3. The van der Waals surface area contributed by atoms with E-state index in [4.69, 9.17) is 5.26 Å². The highest BCUT2D eigenvalue weighted by atomic mass is 79.9. The monoisotopic (exact) mass is 210 g/mol. The molecular formula is C8H7BrN2. The van der Waals surface area contributed by atoms with Crippen LogP contribution >= 0.6 is 15.9 Å². The van der Waals surface area contributed by atoms with E-state index >= 15 is 0 Å². The molecule has 0 N–H and O–H groups in total. The zero-order valence-electron chi connectivity index (χ0n) is 6.13. The number of rotatable bonds is 1. The summed E-state index contributed by atoms with van der Waals surface area (Å²) in [5.74, 6) is 0. The molecule has 0 unspecified atom stereocenters. The van der Waals surface area contributed by atoms with Gasteiger partial charge in [-0.05, 0) is 34.5 Å². The van der Waals surface area contributed by atoms with Gasteiger partial charge in [-0.25, -0.2) is 0 Å². The Hall–Kier alpha value is -0.880. The normalized spacial score (nSPS) is 9.18. The number of aromatic nitrogens is 1. The Morgan fingerprint density at radius 2 is 2.45 bits per heavy atom. The number of halogens is 1. The fraction of sp³-hybridized carbons (Fsp3) is 0.250. The van der Waals surface area contributed by atoms with E-state index in [1.165, 1.54) is 0 Å². The highest BCUT2D eigenvalue weighted by molar-refractivity contribution is 9.10. The lowest BCUT2D eigenvalue weighted by molar-refractivity contribution is 1.07. The minimum atomic E-state index is 0.388. The second-order valence-corrected chi connectivity index (χ2v) is 3.17. The first kappa shape index (κ1) is 8.22. The minimum absolute atomic E-state index is 0.388. The largest absolute Gasteiger partial charge is 0.259 e. The third-order valence-corrected chi connectivity index (χ3v) is 1.83. The van der Waals surface area contributed by atoms with Crippen LogP contribution in [0.5, 0.6) is 0 Å². The smallest absolute Gasteiger partial charge is 0.0777 e. The van der Waals surface area contributed by atoms with E-state index in [2.05, 4.69) is 27.0 Å². The van der Waals surface area contributed by atoms with E-state index in [-0.39, 0.29) is 0 Å². The van der Waals surface area contributed by atoms with Gasteiger partial charge in [0.25, 0.3) is 0 Å². The molecule has 1 heterocycles. The summed E-state index contributed by atoms with van der Waals surface area (Å²) in [6, 6.07) is 4.02. The van der Waals surface area contributed by atoms with Crippen LogP contribution in [-0.4, -0.2) is 4.98 Å². The first-order chi connectivity index (χ1) is 5.24. The van der Waals surface area contributed by atoms with Crippen molar-refractivity contribution in [3.8, 4) is 6.07 Å². The number of pyridine rings is 1. The molecule has 0 aliphatic carbocycles. The molecule has 2 nitrogen and oxygen atoms in total. The van der Waals surface area contributed by atoms with Crippen molar-refractivity contribution in [2.24, 2.45) is 0 Å². The lowest BCUT2D eigenvalue weighted by atomic mass is 10.2. The van der Waals surface area contributed by atoms with Gasteiger partial charge in [0.2, 0.25) is 0 Å². The van der Waals surface area contributed by atoms with Crippen molar-refractivity contribution in [2.45, 2.75) is 13.3 Å². The summed E-state index contributed by atoms with van der Waals surface area (Å²) < 4.78 is 0.955. The molecule has 0 radical (unpaired) electrons. The van der Waals surface area contributed by atoms with Crippen molar-refractivity contribution in [3.63, 3.8) is 0 Å². The van der Waals surface area contributed by atoms with Gasteiger partial charge in [0.1, 0.15) is 0 Å². The molecule has 0 aromatic carbocycles. The van der Waals surface area contributed by atoms with Crippen LogP contribution in [0, 0.1) is 18.3 Å². The Morgan fingerprint density at radius 1 is 1.73 bits per heavy atom. The minimum Gasteiger partial charge on any atom is -0.259 e. The molecule has 1 rings (SSSR count). The van der Waals surface area contributed by atoms with Gasteiger partial charge in [0.15, 0.2) is 0 Å². The molecule has 3 heteroatoms. The van der Waals surface area contributed by atoms with E-state index in [1.54, 1.807) is 6.20 Å². The molecule has 0 saturated carbocycles. The Balaban J connectivity index is 3.01. The van der Waals surface area contributed by atoms with E-state index in [1.807, 2.05) is 13.0 Å². The van der Waals surface area contributed by atoms with Crippen molar-refractivity contribution >= 4 is 15.9 Å². The second kappa shape index (κ2) is 3.49. The fourth-order valence-electron chi connectivity index (χ4n) is 0.829. The molecule has 0 spiro atoms. The number of hydrogen-bond donors (Lipinski definition) is 0. The Labute approximate surface area is 74.0 Å². The third-order valence-electron chi connectivity index (χ3n) is 1.40. The topological polar surface area (TPSA) is 36.7 Å². The lowest BCUT2D eigenvalue weighted by Crippen LogP contribution is -1.91. The van der Waals surface area contributed by atoms with Gasteiger partial charge >= 0.3 is 0 Å². The Kier molecular flexibility index (Phi) is 2.61. The molecule has 0 atom stereocenters. The maximum atomic E-state index is 8.41. The van der Waals surface area contributed by atoms with Gasteiger partial charge in [-0.1, -0.05) is 0 Å². The van der Waals surface area contributed by atoms with Crippen molar-refractivity contribution in [3.05, 3.63) is 28.0 Å². The van der Waals surface area contributed by atoms with Crippen LogP contribution in [0.1, 0.15) is 11.3 Å². The SMILES string of the molecule is Cc1cc(Br)cnc1CC#N. The van der Waals surface area contributed by atoms with Crippen LogP contribution < -0.4 is 0 Å². The van der Waals surface area contributed by atoms with Gasteiger partial charge in [0.05, 0.1) is 18.2 Å². The molecule has 1 aromatic heterocycles. The number of nitriles is 1. The first-order valence-electron chi connectivity index (χ1n) is 3.22. The van der Waals surface area contributed by atoms with Crippen molar-refractivity contribution in [1.82, 2.24) is 4.98 Å². The average molecular weight is 211 g/mol. The van der Waals surface area contributed by atoms with Crippen LogP contribution in [-0.2, 0) is 6.42 Å². The van der Waals surface area contributed by atoms with Crippen LogP contribution in [0.3, 0.4) is 0 Å². The zero-order chi connectivity index (χ0) is 8.27. The van der Waals surface area contributed by atoms with Gasteiger partial charge in [-0.2, -0.15) is 5.26 Å². The molecule has 0 bridgehead atoms. The summed E-state index contributed by atoms with van der Waals surface area (Å²) in [6.07, 6.45) is 2.10.